The van der Waals surface area contributed by atoms with Gasteiger partial charge in [0.25, 0.3) is 5.91 Å². The molecule has 1 aliphatic heterocycles. The highest BCUT2D eigenvalue weighted by Crippen LogP contribution is 2.40. The molecule has 0 spiro atoms. The van der Waals surface area contributed by atoms with Crippen LogP contribution >= 0.6 is 35.0 Å². The maximum Gasteiger partial charge on any atom is 0.255 e. The molecule has 34 heavy (non-hydrogen) atoms. The topological polar surface area (TPSA) is 71.8 Å². The standard InChI is InChI=1S/C25H27Cl2N5OS/c1-5-6-12-34-25-30-24-28-16(4)21(23(33)29-20-9-7-8-14(2)15(20)3)22(32(24)31-25)18-11-10-17(26)13-19(18)27/h7-11,13,22H,5-6,12H2,1-4H3,(H,29,33)(H,28,30,31). The number of amides is 1. The van der Waals surface area contributed by atoms with Crippen LogP contribution in [0.1, 0.15) is 49.4 Å². The first-order chi connectivity index (χ1) is 16.3. The molecule has 0 bridgehead atoms. The number of aromatic nitrogens is 3. The fraction of sp³-hybridized carbons (Fsp3) is 0.320. The number of thioether (sulfide) groups is 1. The van der Waals surface area contributed by atoms with E-state index in [0.29, 0.717) is 32.4 Å². The molecule has 1 unspecified atom stereocenters. The molecule has 3 aromatic rings. The number of carbonyl (C=O) groups excluding carboxylic acids is 1. The van der Waals surface area contributed by atoms with Gasteiger partial charge in [0, 0.05) is 32.7 Å². The number of halogens is 2. The summed E-state index contributed by atoms with van der Waals surface area (Å²) < 4.78 is 1.74. The predicted octanol–water partition coefficient (Wildman–Crippen LogP) is 7.02. The van der Waals surface area contributed by atoms with Crippen LogP contribution in [0.3, 0.4) is 0 Å². The molecule has 2 aromatic carbocycles. The molecule has 0 fully saturated rings. The molecule has 1 amide bonds. The lowest BCUT2D eigenvalue weighted by molar-refractivity contribution is -0.113. The molecule has 1 aromatic heterocycles. The number of rotatable bonds is 7. The number of benzene rings is 2. The summed E-state index contributed by atoms with van der Waals surface area (Å²) in [6.45, 7) is 8.04. The Balaban J connectivity index is 1.77. The first-order valence-corrected chi connectivity index (χ1v) is 12.9. The number of hydrogen-bond acceptors (Lipinski definition) is 5. The average Bonchev–Trinajstić information content (AvgIpc) is 3.18. The molecule has 0 radical (unpaired) electrons. The van der Waals surface area contributed by atoms with Crippen LogP contribution in [0.5, 0.6) is 0 Å². The maximum atomic E-state index is 13.7. The Kier molecular flexibility index (Phi) is 7.55. The van der Waals surface area contributed by atoms with Gasteiger partial charge in [0.1, 0.15) is 6.04 Å². The van der Waals surface area contributed by atoms with Gasteiger partial charge in [0.15, 0.2) is 0 Å². The summed E-state index contributed by atoms with van der Waals surface area (Å²) in [4.78, 5) is 18.4. The van der Waals surface area contributed by atoms with E-state index in [1.54, 1.807) is 28.6 Å². The Morgan fingerprint density at radius 2 is 2.00 bits per heavy atom. The summed E-state index contributed by atoms with van der Waals surface area (Å²) in [6.07, 6.45) is 2.18. The van der Waals surface area contributed by atoms with Crippen LogP contribution in [0.25, 0.3) is 0 Å². The van der Waals surface area contributed by atoms with Gasteiger partial charge in [-0.1, -0.05) is 66.5 Å². The second-order valence-corrected chi connectivity index (χ2v) is 10.2. The van der Waals surface area contributed by atoms with Crippen molar-refractivity contribution in [3.8, 4) is 0 Å². The van der Waals surface area contributed by atoms with Gasteiger partial charge >= 0.3 is 0 Å². The van der Waals surface area contributed by atoms with Gasteiger partial charge in [0.05, 0.1) is 5.57 Å². The molecule has 0 saturated carbocycles. The largest absolute Gasteiger partial charge is 0.328 e. The van der Waals surface area contributed by atoms with Gasteiger partial charge in [-0.2, -0.15) is 4.98 Å². The summed E-state index contributed by atoms with van der Waals surface area (Å²) in [7, 11) is 0. The maximum absolute atomic E-state index is 13.7. The molecular formula is C25H27Cl2N5OS. The van der Waals surface area contributed by atoms with Crippen LogP contribution in [-0.4, -0.2) is 26.4 Å². The zero-order valence-corrected chi connectivity index (χ0v) is 21.9. The Morgan fingerprint density at radius 1 is 1.21 bits per heavy atom. The summed E-state index contributed by atoms with van der Waals surface area (Å²) in [5, 5.41) is 12.8. The zero-order chi connectivity index (χ0) is 24.4. The number of unbranched alkanes of at least 4 members (excludes halogenated alkanes) is 1. The molecule has 2 heterocycles. The summed E-state index contributed by atoms with van der Waals surface area (Å²) in [5.74, 6) is 1.28. The molecule has 0 saturated heterocycles. The van der Waals surface area contributed by atoms with E-state index in [9.17, 15) is 4.79 Å². The average molecular weight is 516 g/mol. The minimum Gasteiger partial charge on any atom is -0.328 e. The molecule has 1 aliphatic rings. The number of hydrogen-bond donors (Lipinski definition) is 2. The Bertz CT molecular complexity index is 1270. The minimum absolute atomic E-state index is 0.226. The van der Waals surface area contributed by atoms with Gasteiger partial charge in [-0.05, 0) is 56.5 Å². The Labute approximate surface area is 214 Å². The lowest BCUT2D eigenvalue weighted by atomic mass is 9.94. The van der Waals surface area contributed by atoms with Crippen molar-refractivity contribution in [3.63, 3.8) is 0 Å². The molecular weight excluding hydrogens is 489 g/mol. The summed E-state index contributed by atoms with van der Waals surface area (Å²) in [5.41, 5.74) is 4.85. The molecule has 4 rings (SSSR count). The smallest absolute Gasteiger partial charge is 0.255 e. The van der Waals surface area contributed by atoms with Crippen LogP contribution in [0.4, 0.5) is 11.6 Å². The number of fused-ring (bicyclic) bond motifs is 1. The minimum atomic E-state index is -0.556. The third-order valence-electron chi connectivity index (χ3n) is 5.92. The van der Waals surface area contributed by atoms with E-state index in [2.05, 4.69) is 22.5 Å². The van der Waals surface area contributed by atoms with E-state index < -0.39 is 6.04 Å². The van der Waals surface area contributed by atoms with Crippen molar-refractivity contribution >= 4 is 52.5 Å². The Morgan fingerprint density at radius 3 is 2.74 bits per heavy atom. The molecule has 2 N–H and O–H groups in total. The molecule has 0 aliphatic carbocycles. The van der Waals surface area contributed by atoms with Crippen molar-refractivity contribution in [2.24, 2.45) is 0 Å². The zero-order valence-electron chi connectivity index (χ0n) is 19.6. The Hall–Kier alpha value is -2.48. The van der Waals surface area contributed by atoms with Crippen molar-refractivity contribution in [2.75, 3.05) is 16.4 Å². The van der Waals surface area contributed by atoms with Gasteiger partial charge in [-0.25, -0.2) is 4.68 Å². The van der Waals surface area contributed by atoms with Crippen molar-refractivity contribution in [1.82, 2.24) is 14.8 Å². The summed E-state index contributed by atoms with van der Waals surface area (Å²) >= 11 is 14.4. The number of allylic oxidation sites excluding steroid dienone is 1. The normalized spacial score (nSPS) is 15.2. The van der Waals surface area contributed by atoms with E-state index in [4.69, 9.17) is 28.3 Å². The highest BCUT2D eigenvalue weighted by Gasteiger charge is 2.35. The number of nitrogens with one attached hydrogen (secondary N) is 2. The van der Waals surface area contributed by atoms with Gasteiger partial charge in [0.2, 0.25) is 11.1 Å². The van der Waals surface area contributed by atoms with Crippen LogP contribution in [0.15, 0.2) is 52.8 Å². The van der Waals surface area contributed by atoms with Crippen molar-refractivity contribution in [2.45, 2.75) is 51.7 Å². The predicted molar refractivity (Wildman–Crippen MR) is 141 cm³/mol. The van der Waals surface area contributed by atoms with E-state index in [-0.39, 0.29) is 5.91 Å². The fourth-order valence-electron chi connectivity index (χ4n) is 3.88. The van der Waals surface area contributed by atoms with Crippen LogP contribution < -0.4 is 10.6 Å². The fourth-order valence-corrected chi connectivity index (χ4v) is 5.31. The van der Waals surface area contributed by atoms with E-state index in [0.717, 1.165) is 41.0 Å². The van der Waals surface area contributed by atoms with E-state index in [1.807, 2.05) is 45.0 Å². The van der Waals surface area contributed by atoms with Crippen molar-refractivity contribution in [3.05, 3.63) is 74.4 Å². The highest BCUT2D eigenvalue weighted by atomic mass is 35.5. The first kappa shape index (κ1) is 24.6. The quantitative estimate of drug-likeness (QED) is 0.261. The first-order valence-electron chi connectivity index (χ1n) is 11.2. The van der Waals surface area contributed by atoms with E-state index in [1.165, 1.54) is 0 Å². The molecule has 178 valence electrons. The molecule has 6 nitrogen and oxygen atoms in total. The number of nitrogens with zero attached hydrogens (tertiary/aromatic N) is 3. The van der Waals surface area contributed by atoms with Crippen molar-refractivity contribution in [1.29, 1.82) is 0 Å². The third-order valence-corrected chi connectivity index (χ3v) is 7.40. The third kappa shape index (κ3) is 4.97. The lowest BCUT2D eigenvalue weighted by Crippen LogP contribution is -2.31. The number of carbonyl (C=O) groups is 1. The van der Waals surface area contributed by atoms with Gasteiger partial charge in [-0.3, -0.25) is 4.79 Å². The van der Waals surface area contributed by atoms with Gasteiger partial charge < -0.3 is 10.6 Å². The highest BCUT2D eigenvalue weighted by molar-refractivity contribution is 7.99. The molecule has 9 heteroatoms. The second kappa shape index (κ2) is 10.4. The second-order valence-electron chi connectivity index (χ2n) is 8.30. The lowest BCUT2D eigenvalue weighted by Gasteiger charge is -2.29. The van der Waals surface area contributed by atoms with Crippen molar-refractivity contribution < 1.29 is 4.79 Å². The van der Waals surface area contributed by atoms with Crippen LogP contribution in [0, 0.1) is 13.8 Å². The SMILES string of the molecule is CCCCSc1nc2n(n1)C(c1ccc(Cl)cc1Cl)C(C(=O)Nc1cccc(C)c1C)=C(C)N2. The van der Waals surface area contributed by atoms with Crippen LogP contribution in [0.2, 0.25) is 10.0 Å². The number of aryl methyl sites for hydroxylation is 1. The monoisotopic (exact) mass is 515 g/mol. The summed E-state index contributed by atoms with van der Waals surface area (Å²) in [6, 6.07) is 10.6. The molecule has 1 atom stereocenters. The van der Waals surface area contributed by atoms with Gasteiger partial charge in [-0.15, -0.1) is 5.10 Å². The van der Waals surface area contributed by atoms with E-state index >= 15 is 0 Å². The number of anilines is 2. The van der Waals surface area contributed by atoms with Crippen LogP contribution in [-0.2, 0) is 4.79 Å².